The van der Waals surface area contributed by atoms with E-state index in [1.165, 1.54) is 7.11 Å². The topological polar surface area (TPSA) is 64.3 Å². The van der Waals surface area contributed by atoms with Crippen molar-refractivity contribution in [3.05, 3.63) is 23.8 Å². The summed E-state index contributed by atoms with van der Waals surface area (Å²) < 4.78 is 31.1. The van der Waals surface area contributed by atoms with E-state index in [0.717, 1.165) is 0 Å². The smallest absolute Gasteiger partial charge is 0.251 e. The molecule has 1 aliphatic carbocycles. The number of carbonyl (C=O) groups is 1. The van der Waals surface area contributed by atoms with Gasteiger partial charge in [-0.3, -0.25) is 4.79 Å². The molecule has 0 heterocycles. The van der Waals surface area contributed by atoms with Crippen LogP contribution in [0.2, 0.25) is 0 Å². The van der Waals surface area contributed by atoms with Crippen LogP contribution in [-0.4, -0.2) is 25.0 Å². The first-order valence-electron chi connectivity index (χ1n) is 6.53. The highest BCUT2D eigenvalue weighted by atomic mass is 19.3. The van der Waals surface area contributed by atoms with Crippen LogP contribution >= 0.6 is 0 Å². The van der Waals surface area contributed by atoms with E-state index >= 15 is 0 Å². The van der Waals surface area contributed by atoms with Gasteiger partial charge in [0.25, 0.3) is 5.91 Å². The predicted octanol–water partition coefficient (Wildman–Crippen LogP) is 2.59. The van der Waals surface area contributed by atoms with Gasteiger partial charge >= 0.3 is 0 Å². The largest absolute Gasteiger partial charge is 0.495 e. The lowest BCUT2D eigenvalue weighted by Crippen LogP contribution is -2.40. The van der Waals surface area contributed by atoms with Crippen LogP contribution < -0.4 is 15.8 Å². The number of carbonyl (C=O) groups excluding carboxylic acids is 1. The second-order valence-electron chi connectivity index (χ2n) is 5.06. The van der Waals surface area contributed by atoms with E-state index in [4.69, 9.17) is 10.5 Å². The molecular weight excluding hydrogens is 266 g/mol. The maximum Gasteiger partial charge on any atom is 0.251 e. The van der Waals surface area contributed by atoms with Gasteiger partial charge in [-0.2, -0.15) is 0 Å². The van der Waals surface area contributed by atoms with Crippen LogP contribution in [0, 0.1) is 0 Å². The molecule has 4 nitrogen and oxygen atoms in total. The number of nitrogens with one attached hydrogen (secondary N) is 1. The SMILES string of the molecule is COc1cc(C(=O)NC2CCC(F)(F)CC2)ccc1N. The minimum Gasteiger partial charge on any atom is -0.495 e. The second-order valence-corrected chi connectivity index (χ2v) is 5.06. The highest BCUT2D eigenvalue weighted by Gasteiger charge is 2.35. The molecule has 20 heavy (non-hydrogen) atoms. The number of ether oxygens (including phenoxy) is 1. The Kier molecular flexibility index (Phi) is 4.11. The minimum absolute atomic E-state index is 0.178. The number of nitrogens with two attached hydrogens (primary N) is 1. The Morgan fingerprint density at radius 3 is 2.65 bits per heavy atom. The lowest BCUT2D eigenvalue weighted by Gasteiger charge is -2.28. The van der Waals surface area contributed by atoms with E-state index in [-0.39, 0.29) is 24.8 Å². The molecule has 0 spiro atoms. The van der Waals surface area contributed by atoms with Gasteiger partial charge in [0.2, 0.25) is 5.92 Å². The van der Waals surface area contributed by atoms with Crippen molar-refractivity contribution in [3.63, 3.8) is 0 Å². The van der Waals surface area contributed by atoms with Crippen LogP contribution in [0.25, 0.3) is 0 Å². The van der Waals surface area contributed by atoms with Crippen LogP contribution in [0.5, 0.6) is 5.75 Å². The minimum atomic E-state index is -2.59. The van der Waals surface area contributed by atoms with Gasteiger partial charge in [-0.1, -0.05) is 0 Å². The fourth-order valence-electron chi connectivity index (χ4n) is 2.31. The predicted molar refractivity (Wildman–Crippen MR) is 72.1 cm³/mol. The van der Waals surface area contributed by atoms with Crippen molar-refractivity contribution >= 4 is 11.6 Å². The number of hydrogen-bond acceptors (Lipinski definition) is 3. The maximum absolute atomic E-state index is 13.0. The van der Waals surface area contributed by atoms with E-state index in [1.54, 1.807) is 18.2 Å². The van der Waals surface area contributed by atoms with Crippen LogP contribution in [0.1, 0.15) is 36.0 Å². The first-order chi connectivity index (χ1) is 9.41. The van der Waals surface area contributed by atoms with Gasteiger partial charge < -0.3 is 15.8 Å². The number of alkyl halides is 2. The van der Waals surface area contributed by atoms with Crippen molar-refractivity contribution in [2.45, 2.75) is 37.6 Å². The Morgan fingerprint density at radius 2 is 2.05 bits per heavy atom. The first kappa shape index (κ1) is 14.6. The molecule has 0 unspecified atom stereocenters. The standard InChI is InChI=1S/C14H18F2N2O2/c1-20-12-8-9(2-3-11(12)17)13(19)18-10-4-6-14(15,16)7-5-10/h2-3,8,10H,4-7,17H2,1H3,(H,18,19). The fourth-order valence-corrected chi connectivity index (χ4v) is 2.31. The summed E-state index contributed by atoms with van der Waals surface area (Å²) in [5.74, 6) is -2.46. The number of rotatable bonds is 3. The van der Waals surface area contributed by atoms with Crippen molar-refractivity contribution in [1.82, 2.24) is 5.32 Å². The normalized spacial score (nSPS) is 18.6. The van der Waals surface area contributed by atoms with Crippen molar-refractivity contribution in [3.8, 4) is 5.75 Å². The first-order valence-corrected chi connectivity index (χ1v) is 6.53. The number of benzene rings is 1. The molecule has 0 aliphatic heterocycles. The van der Waals surface area contributed by atoms with Gasteiger partial charge in [-0.05, 0) is 31.0 Å². The molecule has 1 saturated carbocycles. The van der Waals surface area contributed by atoms with Gasteiger partial charge in [0.05, 0.1) is 12.8 Å². The van der Waals surface area contributed by atoms with Gasteiger partial charge in [0.1, 0.15) is 5.75 Å². The van der Waals surface area contributed by atoms with E-state index in [2.05, 4.69) is 5.32 Å². The van der Waals surface area contributed by atoms with Crippen LogP contribution in [0.15, 0.2) is 18.2 Å². The van der Waals surface area contributed by atoms with Crippen molar-refractivity contribution in [1.29, 1.82) is 0 Å². The molecule has 0 saturated heterocycles. The molecule has 1 aromatic carbocycles. The molecular formula is C14H18F2N2O2. The molecule has 6 heteroatoms. The number of methoxy groups -OCH3 is 1. The summed E-state index contributed by atoms with van der Waals surface area (Å²) in [6, 6.07) is 4.51. The molecule has 1 aliphatic rings. The average Bonchev–Trinajstić information content (AvgIpc) is 2.41. The Labute approximate surface area is 116 Å². The summed E-state index contributed by atoms with van der Waals surface area (Å²) in [6.07, 6.45) is 0.238. The quantitative estimate of drug-likeness (QED) is 0.838. The molecule has 0 atom stereocenters. The number of hydrogen-bond donors (Lipinski definition) is 2. The van der Waals surface area contributed by atoms with Crippen LogP contribution in [0.4, 0.5) is 14.5 Å². The van der Waals surface area contributed by atoms with Crippen LogP contribution in [0.3, 0.4) is 0 Å². The molecule has 110 valence electrons. The maximum atomic E-state index is 13.0. The summed E-state index contributed by atoms with van der Waals surface area (Å²) in [5, 5.41) is 2.78. The second kappa shape index (κ2) is 5.64. The monoisotopic (exact) mass is 284 g/mol. The van der Waals surface area contributed by atoms with Crippen molar-refractivity contribution in [2.75, 3.05) is 12.8 Å². The summed E-state index contributed by atoms with van der Waals surface area (Å²) in [6.45, 7) is 0. The number of amides is 1. The Morgan fingerprint density at radius 1 is 1.40 bits per heavy atom. The molecule has 0 bridgehead atoms. The van der Waals surface area contributed by atoms with Crippen molar-refractivity contribution in [2.24, 2.45) is 0 Å². The third-order valence-corrected chi connectivity index (χ3v) is 3.55. The molecule has 1 amide bonds. The van der Waals surface area contributed by atoms with E-state index < -0.39 is 5.92 Å². The summed E-state index contributed by atoms with van der Waals surface area (Å²) >= 11 is 0. The molecule has 1 fully saturated rings. The molecule has 0 aromatic heterocycles. The zero-order valence-corrected chi connectivity index (χ0v) is 11.3. The highest BCUT2D eigenvalue weighted by molar-refractivity contribution is 5.95. The summed E-state index contributed by atoms with van der Waals surface area (Å²) in [5.41, 5.74) is 6.53. The number of halogens is 2. The third kappa shape index (κ3) is 3.37. The van der Waals surface area contributed by atoms with Crippen LogP contribution in [-0.2, 0) is 0 Å². The summed E-state index contributed by atoms with van der Waals surface area (Å²) in [4.78, 5) is 12.1. The zero-order valence-electron chi connectivity index (χ0n) is 11.3. The third-order valence-electron chi connectivity index (χ3n) is 3.55. The lowest BCUT2D eigenvalue weighted by molar-refractivity contribution is -0.0399. The highest BCUT2D eigenvalue weighted by Crippen LogP contribution is 2.33. The van der Waals surface area contributed by atoms with Gasteiger partial charge in [0.15, 0.2) is 0 Å². The van der Waals surface area contributed by atoms with Gasteiger partial charge in [-0.15, -0.1) is 0 Å². The molecule has 1 aromatic rings. The van der Waals surface area contributed by atoms with E-state index in [9.17, 15) is 13.6 Å². The molecule has 3 N–H and O–H groups in total. The Bertz CT molecular complexity index is 496. The molecule has 2 rings (SSSR count). The average molecular weight is 284 g/mol. The zero-order chi connectivity index (χ0) is 14.8. The molecule has 0 radical (unpaired) electrons. The van der Waals surface area contributed by atoms with E-state index in [0.29, 0.717) is 29.8 Å². The van der Waals surface area contributed by atoms with Crippen molar-refractivity contribution < 1.29 is 18.3 Å². The lowest BCUT2D eigenvalue weighted by atomic mass is 9.92. The Hall–Kier alpha value is -1.85. The Balaban J connectivity index is 1.99. The van der Waals surface area contributed by atoms with E-state index in [1.807, 2.05) is 0 Å². The fraction of sp³-hybridized carbons (Fsp3) is 0.500. The van der Waals surface area contributed by atoms with Gasteiger partial charge in [-0.25, -0.2) is 8.78 Å². The summed E-state index contributed by atoms with van der Waals surface area (Å²) in [7, 11) is 1.47. The number of anilines is 1. The van der Waals surface area contributed by atoms with Gasteiger partial charge in [0, 0.05) is 24.4 Å². The number of nitrogen functional groups attached to an aromatic ring is 1.